The van der Waals surface area contributed by atoms with Crippen LogP contribution in [0.25, 0.3) is 21.9 Å². The molecule has 6 rings (SSSR count). The maximum absolute atomic E-state index is 13.3. The first-order valence-electron chi connectivity index (χ1n) is 13.5. The van der Waals surface area contributed by atoms with Gasteiger partial charge in [-0.3, -0.25) is 19.1 Å². The minimum atomic E-state index is -0.185. The molecule has 1 amide bonds. The number of nitrogens with one attached hydrogen (secondary N) is 2. The van der Waals surface area contributed by atoms with Crippen LogP contribution in [0, 0.1) is 4.77 Å². The number of benzene rings is 2. The van der Waals surface area contributed by atoms with Crippen molar-refractivity contribution in [2.24, 2.45) is 0 Å². The molecular formula is C29H33N5O3S. The van der Waals surface area contributed by atoms with E-state index in [1.165, 1.54) is 32.1 Å². The largest absolute Gasteiger partial charge is 0.497 e. The van der Waals surface area contributed by atoms with Gasteiger partial charge in [0.1, 0.15) is 11.3 Å². The summed E-state index contributed by atoms with van der Waals surface area (Å²) in [7, 11) is 1.61. The van der Waals surface area contributed by atoms with Crippen LogP contribution in [0.4, 0.5) is 0 Å². The topological polar surface area (TPSA) is 86.4 Å². The number of rotatable bonds is 5. The number of carbonyl (C=O) groups excluding carboxylic acids is 1. The lowest BCUT2D eigenvalue weighted by Crippen LogP contribution is -2.52. The molecule has 3 heterocycles. The van der Waals surface area contributed by atoms with Crippen molar-refractivity contribution in [2.45, 2.75) is 44.7 Å². The Bertz CT molecular complexity index is 1590. The molecule has 2 aromatic carbocycles. The number of nitrogens with zero attached hydrogens (tertiary/aromatic N) is 3. The van der Waals surface area contributed by atoms with Crippen molar-refractivity contribution in [2.75, 3.05) is 33.3 Å². The van der Waals surface area contributed by atoms with Crippen LogP contribution in [-0.2, 0) is 6.54 Å². The Morgan fingerprint density at radius 2 is 1.71 bits per heavy atom. The number of hydrogen-bond donors (Lipinski definition) is 2. The molecule has 0 unspecified atom stereocenters. The molecule has 198 valence electrons. The summed E-state index contributed by atoms with van der Waals surface area (Å²) in [5.74, 6) is 0.784. The van der Waals surface area contributed by atoms with E-state index in [1.54, 1.807) is 11.7 Å². The van der Waals surface area contributed by atoms with Gasteiger partial charge in [-0.25, -0.2) is 0 Å². The Labute approximate surface area is 226 Å². The van der Waals surface area contributed by atoms with Gasteiger partial charge in [-0.1, -0.05) is 31.4 Å². The van der Waals surface area contributed by atoms with E-state index in [1.807, 2.05) is 47.4 Å². The zero-order valence-corrected chi connectivity index (χ0v) is 22.5. The fourth-order valence-corrected chi connectivity index (χ4v) is 6.24. The van der Waals surface area contributed by atoms with Crippen LogP contribution < -0.4 is 10.3 Å². The van der Waals surface area contributed by atoms with Crippen LogP contribution in [0.3, 0.4) is 0 Å². The molecule has 0 spiro atoms. The molecule has 2 N–H and O–H groups in total. The van der Waals surface area contributed by atoms with Gasteiger partial charge in [-0.15, -0.1) is 0 Å². The van der Waals surface area contributed by atoms with Crippen LogP contribution in [-0.4, -0.2) is 69.6 Å². The fraction of sp³-hybridized carbons (Fsp3) is 0.414. The second kappa shape index (κ2) is 10.4. The molecule has 38 heavy (non-hydrogen) atoms. The van der Waals surface area contributed by atoms with E-state index in [4.69, 9.17) is 17.0 Å². The average molecular weight is 532 g/mol. The standard InChI is InChI=1S/C29H33N5O3S/c1-37-22-11-12-24-23(17-22)25-26(30-24)28(36)34(29(38)31-25)18-19-7-9-20(10-8-19)27(35)33-15-13-32(14-16-33)21-5-3-2-4-6-21/h7-12,17,21,30H,2-6,13-16,18H2,1H3,(H,31,38). The summed E-state index contributed by atoms with van der Waals surface area (Å²) in [6.07, 6.45) is 6.61. The number of methoxy groups -OCH3 is 1. The minimum Gasteiger partial charge on any atom is -0.497 e. The highest BCUT2D eigenvalue weighted by Gasteiger charge is 2.27. The highest BCUT2D eigenvalue weighted by Crippen LogP contribution is 2.26. The van der Waals surface area contributed by atoms with Crippen LogP contribution in [0.2, 0.25) is 0 Å². The van der Waals surface area contributed by atoms with E-state index in [0.717, 1.165) is 42.6 Å². The van der Waals surface area contributed by atoms with Crippen LogP contribution >= 0.6 is 12.2 Å². The van der Waals surface area contributed by atoms with Gasteiger partial charge in [0.2, 0.25) is 0 Å². The number of ether oxygens (including phenoxy) is 1. The lowest BCUT2D eigenvalue weighted by Gasteiger charge is -2.40. The number of amides is 1. The Morgan fingerprint density at radius 1 is 0.974 bits per heavy atom. The van der Waals surface area contributed by atoms with Gasteiger partial charge in [-0.05, 0) is 61.0 Å². The van der Waals surface area contributed by atoms with Crippen molar-refractivity contribution in [1.82, 2.24) is 24.3 Å². The van der Waals surface area contributed by atoms with E-state index in [0.29, 0.717) is 39.7 Å². The number of hydrogen-bond acceptors (Lipinski definition) is 5. The van der Waals surface area contributed by atoms with E-state index < -0.39 is 0 Å². The van der Waals surface area contributed by atoms with Crippen LogP contribution in [0.15, 0.2) is 47.3 Å². The van der Waals surface area contributed by atoms with Gasteiger partial charge in [0.25, 0.3) is 11.5 Å². The summed E-state index contributed by atoms with van der Waals surface area (Å²) in [6, 6.07) is 13.9. The maximum Gasteiger partial charge on any atom is 0.278 e. The monoisotopic (exact) mass is 531 g/mol. The predicted octanol–water partition coefficient (Wildman–Crippen LogP) is 4.69. The summed E-state index contributed by atoms with van der Waals surface area (Å²) < 4.78 is 7.23. The van der Waals surface area contributed by atoms with Crippen LogP contribution in [0.1, 0.15) is 48.0 Å². The quantitative estimate of drug-likeness (QED) is 0.365. The van der Waals surface area contributed by atoms with Gasteiger partial charge in [0, 0.05) is 48.7 Å². The van der Waals surface area contributed by atoms with E-state index >= 15 is 0 Å². The Hall–Kier alpha value is -3.43. The molecule has 0 atom stereocenters. The maximum atomic E-state index is 13.3. The molecule has 8 nitrogen and oxygen atoms in total. The summed E-state index contributed by atoms with van der Waals surface area (Å²) in [5, 5.41) is 0.858. The molecule has 1 aliphatic heterocycles. The first-order chi connectivity index (χ1) is 18.5. The molecule has 0 radical (unpaired) electrons. The van der Waals surface area contributed by atoms with Crippen molar-refractivity contribution in [3.8, 4) is 5.75 Å². The molecule has 1 saturated carbocycles. The molecule has 1 saturated heterocycles. The van der Waals surface area contributed by atoms with Gasteiger partial charge in [-0.2, -0.15) is 0 Å². The summed E-state index contributed by atoms with van der Waals surface area (Å²) in [6.45, 7) is 3.78. The van der Waals surface area contributed by atoms with Crippen molar-refractivity contribution in [3.63, 3.8) is 0 Å². The second-order valence-electron chi connectivity index (χ2n) is 10.4. The smallest absolute Gasteiger partial charge is 0.278 e. The molecule has 2 aliphatic rings. The minimum absolute atomic E-state index is 0.0734. The lowest BCUT2D eigenvalue weighted by atomic mass is 9.94. The van der Waals surface area contributed by atoms with Crippen LogP contribution in [0.5, 0.6) is 5.75 Å². The first kappa shape index (κ1) is 24.9. The zero-order chi connectivity index (χ0) is 26.2. The van der Waals surface area contributed by atoms with E-state index in [2.05, 4.69) is 14.9 Å². The highest BCUT2D eigenvalue weighted by molar-refractivity contribution is 7.71. The SMILES string of the molecule is COc1ccc2[nH]c3c(=O)n(Cc4ccc(C(=O)N5CCN(C6CCCCC6)CC5)cc4)c(=S)[nH]c3c2c1. The summed E-state index contributed by atoms with van der Waals surface area (Å²) in [5.41, 5.74) is 3.38. The van der Waals surface area contributed by atoms with Gasteiger partial charge in [0.05, 0.1) is 19.2 Å². The first-order valence-corrected chi connectivity index (χ1v) is 13.9. The van der Waals surface area contributed by atoms with Crippen molar-refractivity contribution >= 4 is 40.1 Å². The number of aromatic nitrogens is 3. The molecule has 2 aromatic heterocycles. The van der Waals surface area contributed by atoms with Crippen molar-refractivity contribution in [1.29, 1.82) is 0 Å². The molecular weight excluding hydrogens is 498 g/mol. The number of fused-ring (bicyclic) bond motifs is 3. The molecule has 4 aromatic rings. The summed E-state index contributed by atoms with van der Waals surface area (Å²) >= 11 is 5.56. The molecule has 9 heteroatoms. The zero-order valence-electron chi connectivity index (χ0n) is 21.7. The highest BCUT2D eigenvalue weighted by atomic mass is 32.1. The normalized spacial score (nSPS) is 17.3. The molecule has 0 bridgehead atoms. The number of H-pyrrole nitrogens is 2. The van der Waals surface area contributed by atoms with E-state index in [-0.39, 0.29) is 11.5 Å². The van der Waals surface area contributed by atoms with E-state index in [9.17, 15) is 9.59 Å². The molecule has 1 aliphatic carbocycles. The third kappa shape index (κ3) is 4.65. The predicted molar refractivity (Wildman–Crippen MR) is 152 cm³/mol. The Kier molecular flexibility index (Phi) is 6.80. The van der Waals surface area contributed by atoms with Gasteiger partial charge >= 0.3 is 0 Å². The number of aromatic amines is 2. The fourth-order valence-electron chi connectivity index (χ4n) is 5.99. The third-order valence-corrected chi connectivity index (χ3v) is 8.50. The number of piperazine rings is 1. The van der Waals surface area contributed by atoms with Crippen molar-refractivity contribution in [3.05, 3.63) is 68.7 Å². The molecule has 2 fully saturated rings. The lowest BCUT2D eigenvalue weighted by molar-refractivity contribution is 0.0523. The Balaban J connectivity index is 1.17. The summed E-state index contributed by atoms with van der Waals surface area (Å²) in [4.78, 5) is 37.5. The second-order valence-corrected chi connectivity index (χ2v) is 10.8. The Morgan fingerprint density at radius 3 is 2.42 bits per heavy atom. The average Bonchev–Trinajstić information content (AvgIpc) is 3.33. The van der Waals surface area contributed by atoms with Gasteiger partial charge in [0.15, 0.2) is 4.77 Å². The number of carbonyl (C=O) groups is 1. The van der Waals surface area contributed by atoms with Gasteiger partial charge < -0.3 is 19.6 Å². The van der Waals surface area contributed by atoms with Crippen molar-refractivity contribution < 1.29 is 9.53 Å². The third-order valence-electron chi connectivity index (χ3n) is 8.18.